The first-order valence-electron chi connectivity index (χ1n) is 11.0. The van der Waals surface area contributed by atoms with Gasteiger partial charge in [0, 0.05) is 9.90 Å². The molecule has 0 atom stereocenters. The lowest BCUT2D eigenvalue weighted by atomic mass is 9.95. The number of halogens is 1. The highest BCUT2D eigenvalue weighted by molar-refractivity contribution is 7.17. The number of fused-ring (bicyclic) bond motifs is 1. The van der Waals surface area contributed by atoms with Crippen LogP contribution >= 0.6 is 22.9 Å². The van der Waals surface area contributed by atoms with Crippen LogP contribution in [0, 0.1) is 6.92 Å². The summed E-state index contributed by atoms with van der Waals surface area (Å²) in [6, 6.07) is 8.69. The number of aryl methyl sites for hydroxylation is 2. The van der Waals surface area contributed by atoms with Crippen molar-refractivity contribution in [1.29, 1.82) is 0 Å². The van der Waals surface area contributed by atoms with E-state index in [-0.39, 0.29) is 18.5 Å². The van der Waals surface area contributed by atoms with Crippen LogP contribution in [-0.2, 0) is 24.2 Å². The Morgan fingerprint density at radius 1 is 1.18 bits per heavy atom. The van der Waals surface area contributed by atoms with Crippen LogP contribution in [0.5, 0.6) is 5.75 Å². The second kappa shape index (κ2) is 10.0. The van der Waals surface area contributed by atoms with Crippen LogP contribution in [0.15, 0.2) is 34.7 Å². The Morgan fingerprint density at radius 3 is 2.73 bits per heavy atom. The SMILES string of the molecule is Cc1cc(OCc2ccc(C(=O)Nc3sc4c(c3C(=O)OC(C)C)CCCC4)o2)ccc1Cl. The van der Waals surface area contributed by atoms with E-state index in [0.717, 1.165) is 41.7 Å². The lowest BCUT2D eigenvalue weighted by Gasteiger charge is -2.14. The number of rotatable bonds is 7. The second-order valence-corrected chi connectivity index (χ2v) is 9.80. The van der Waals surface area contributed by atoms with Gasteiger partial charge in [0.25, 0.3) is 5.91 Å². The number of carbonyl (C=O) groups is 2. The molecule has 174 valence electrons. The smallest absolute Gasteiger partial charge is 0.341 e. The highest BCUT2D eigenvalue weighted by Crippen LogP contribution is 2.39. The predicted molar refractivity (Wildman–Crippen MR) is 129 cm³/mol. The number of furan rings is 1. The van der Waals surface area contributed by atoms with E-state index in [0.29, 0.717) is 27.1 Å². The first-order chi connectivity index (χ1) is 15.8. The van der Waals surface area contributed by atoms with Gasteiger partial charge in [-0.1, -0.05) is 11.6 Å². The van der Waals surface area contributed by atoms with Crippen LogP contribution in [0.2, 0.25) is 5.02 Å². The van der Waals surface area contributed by atoms with Gasteiger partial charge >= 0.3 is 5.97 Å². The van der Waals surface area contributed by atoms with Crippen LogP contribution in [0.25, 0.3) is 0 Å². The molecule has 0 aliphatic heterocycles. The van der Waals surface area contributed by atoms with Gasteiger partial charge in [0.15, 0.2) is 5.76 Å². The summed E-state index contributed by atoms with van der Waals surface area (Å²) in [6.07, 6.45) is 3.58. The van der Waals surface area contributed by atoms with E-state index < -0.39 is 11.9 Å². The van der Waals surface area contributed by atoms with Gasteiger partial charge in [-0.05, 0) is 87.9 Å². The summed E-state index contributed by atoms with van der Waals surface area (Å²) < 4.78 is 16.9. The number of amides is 1. The summed E-state index contributed by atoms with van der Waals surface area (Å²) >= 11 is 7.49. The van der Waals surface area contributed by atoms with Gasteiger partial charge in [0.1, 0.15) is 23.1 Å². The number of nitrogens with one attached hydrogen (secondary N) is 1. The van der Waals surface area contributed by atoms with Gasteiger partial charge in [-0.15, -0.1) is 11.3 Å². The number of anilines is 1. The van der Waals surface area contributed by atoms with E-state index in [1.54, 1.807) is 24.3 Å². The zero-order valence-corrected chi connectivity index (χ0v) is 20.4. The monoisotopic (exact) mass is 487 g/mol. The molecule has 0 unspecified atom stereocenters. The fourth-order valence-electron chi connectivity index (χ4n) is 3.75. The molecule has 8 heteroatoms. The third kappa shape index (κ3) is 5.42. The summed E-state index contributed by atoms with van der Waals surface area (Å²) in [7, 11) is 0. The van der Waals surface area contributed by atoms with Gasteiger partial charge < -0.3 is 19.2 Å². The van der Waals surface area contributed by atoms with Crippen LogP contribution < -0.4 is 10.1 Å². The van der Waals surface area contributed by atoms with Gasteiger partial charge in [0.2, 0.25) is 0 Å². The summed E-state index contributed by atoms with van der Waals surface area (Å²) in [5, 5.41) is 4.06. The number of hydrogen-bond donors (Lipinski definition) is 1. The van der Waals surface area contributed by atoms with Crippen LogP contribution in [0.4, 0.5) is 5.00 Å². The normalized spacial score (nSPS) is 13.0. The van der Waals surface area contributed by atoms with Crippen molar-refractivity contribution >= 4 is 39.8 Å². The molecule has 0 bridgehead atoms. The molecule has 1 aliphatic carbocycles. The molecule has 2 aromatic heterocycles. The Morgan fingerprint density at radius 2 is 1.97 bits per heavy atom. The molecule has 6 nitrogen and oxygen atoms in total. The minimum absolute atomic E-state index is 0.149. The van der Waals surface area contributed by atoms with Crippen molar-refractivity contribution in [3.63, 3.8) is 0 Å². The fraction of sp³-hybridized carbons (Fsp3) is 0.360. The van der Waals surface area contributed by atoms with Crippen molar-refractivity contribution in [3.8, 4) is 5.75 Å². The molecule has 2 heterocycles. The molecule has 3 aromatic rings. The molecular weight excluding hydrogens is 462 g/mol. The van der Waals surface area contributed by atoms with E-state index in [9.17, 15) is 9.59 Å². The van der Waals surface area contributed by atoms with Crippen molar-refractivity contribution in [3.05, 3.63) is 68.4 Å². The minimum Gasteiger partial charge on any atom is -0.486 e. The van der Waals surface area contributed by atoms with E-state index in [2.05, 4.69) is 5.32 Å². The summed E-state index contributed by atoms with van der Waals surface area (Å²) in [5.41, 5.74) is 2.39. The number of benzene rings is 1. The van der Waals surface area contributed by atoms with Crippen molar-refractivity contribution in [1.82, 2.24) is 0 Å². The maximum atomic E-state index is 12.9. The maximum absolute atomic E-state index is 12.9. The van der Waals surface area contributed by atoms with Crippen LogP contribution in [0.1, 0.15) is 69.4 Å². The largest absolute Gasteiger partial charge is 0.486 e. The van der Waals surface area contributed by atoms with Crippen LogP contribution in [0.3, 0.4) is 0 Å². The van der Waals surface area contributed by atoms with Crippen molar-refractivity contribution < 1.29 is 23.5 Å². The maximum Gasteiger partial charge on any atom is 0.341 e. The number of ether oxygens (including phenoxy) is 2. The molecule has 1 aromatic carbocycles. The van der Waals surface area contributed by atoms with Crippen molar-refractivity contribution in [2.45, 2.75) is 59.2 Å². The average Bonchev–Trinajstić information content (AvgIpc) is 3.38. The fourth-order valence-corrected chi connectivity index (χ4v) is 5.14. The van der Waals surface area contributed by atoms with Gasteiger partial charge in [-0.3, -0.25) is 4.79 Å². The topological polar surface area (TPSA) is 77.8 Å². The Balaban J connectivity index is 1.47. The lowest BCUT2D eigenvalue weighted by molar-refractivity contribution is 0.0378. The lowest BCUT2D eigenvalue weighted by Crippen LogP contribution is -2.17. The van der Waals surface area contributed by atoms with Crippen molar-refractivity contribution in [2.75, 3.05) is 5.32 Å². The Bertz CT molecular complexity index is 1180. The average molecular weight is 488 g/mol. The van der Waals surface area contributed by atoms with Gasteiger partial charge in [0.05, 0.1) is 11.7 Å². The summed E-state index contributed by atoms with van der Waals surface area (Å²) in [6.45, 7) is 5.70. The van der Waals surface area contributed by atoms with E-state index >= 15 is 0 Å². The molecule has 0 saturated heterocycles. The number of esters is 1. The molecule has 4 rings (SSSR count). The Hall–Kier alpha value is -2.77. The highest BCUT2D eigenvalue weighted by atomic mass is 35.5. The summed E-state index contributed by atoms with van der Waals surface area (Å²) in [4.78, 5) is 26.8. The predicted octanol–water partition coefficient (Wildman–Crippen LogP) is 6.58. The molecule has 33 heavy (non-hydrogen) atoms. The first-order valence-corrected chi connectivity index (χ1v) is 12.2. The zero-order chi connectivity index (χ0) is 23.5. The number of carbonyl (C=O) groups excluding carboxylic acids is 2. The molecular formula is C25H26ClNO5S. The molecule has 0 radical (unpaired) electrons. The number of thiophene rings is 1. The Kier molecular flexibility index (Phi) is 7.10. The van der Waals surface area contributed by atoms with Gasteiger partial charge in [-0.25, -0.2) is 4.79 Å². The third-order valence-electron chi connectivity index (χ3n) is 5.34. The molecule has 1 N–H and O–H groups in total. The third-order valence-corrected chi connectivity index (χ3v) is 6.97. The minimum atomic E-state index is -0.416. The standard InChI is InChI=1S/C25H26ClNO5S/c1-14(2)31-25(29)22-18-6-4-5-7-21(18)33-24(22)27-23(28)20-11-9-17(32-20)13-30-16-8-10-19(26)15(3)12-16/h8-12,14H,4-7,13H2,1-3H3,(H,27,28). The molecule has 1 aliphatic rings. The van der Waals surface area contributed by atoms with Gasteiger partial charge in [-0.2, -0.15) is 0 Å². The summed E-state index contributed by atoms with van der Waals surface area (Å²) in [5.74, 6) is 0.511. The molecule has 1 amide bonds. The Labute approximate surface area is 201 Å². The van der Waals surface area contributed by atoms with E-state index in [1.165, 1.54) is 11.3 Å². The zero-order valence-electron chi connectivity index (χ0n) is 18.8. The van der Waals surface area contributed by atoms with Crippen LogP contribution in [-0.4, -0.2) is 18.0 Å². The molecule has 0 fully saturated rings. The van der Waals surface area contributed by atoms with E-state index in [1.807, 2.05) is 26.8 Å². The number of hydrogen-bond acceptors (Lipinski definition) is 6. The highest BCUT2D eigenvalue weighted by Gasteiger charge is 2.28. The van der Waals surface area contributed by atoms with Crippen molar-refractivity contribution in [2.24, 2.45) is 0 Å². The quantitative estimate of drug-likeness (QED) is 0.381. The molecule has 0 saturated carbocycles. The molecule has 0 spiro atoms. The van der Waals surface area contributed by atoms with E-state index in [4.69, 9.17) is 25.5 Å². The first kappa shape index (κ1) is 23.4. The second-order valence-electron chi connectivity index (χ2n) is 8.29.